The van der Waals surface area contributed by atoms with Crippen molar-refractivity contribution in [2.45, 2.75) is 71.0 Å². The van der Waals surface area contributed by atoms with Crippen LogP contribution in [0.1, 0.15) is 52.5 Å². The number of methoxy groups -OCH3 is 1. The fourth-order valence-electron chi connectivity index (χ4n) is 5.69. The molecule has 0 amide bonds. The number of rotatable bonds is 7. The van der Waals surface area contributed by atoms with E-state index in [1.807, 2.05) is 6.08 Å². The molecule has 2 aliphatic rings. The van der Waals surface area contributed by atoms with Crippen LogP contribution >= 0.6 is 0 Å². The van der Waals surface area contributed by atoms with E-state index < -0.39 is 8.07 Å². The van der Waals surface area contributed by atoms with Crippen LogP contribution in [0.25, 0.3) is 0 Å². The molecule has 0 heterocycles. The summed E-state index contributed by atoms with van der Waals surface area (Å²) in [6.45, 7) is 18.7. The lowest BCUT2D eigenvalue weighted by Gasteiger charge is -2.38. The number of allylic oxidation sites excluding steroid dienone is 4. The van der Waals surface area contributed by atoms with Crippen molar-refractivity contribution in [2.24, 2.45) is 11.8 Å². The fraction of sp³-hybridized carbons (Fsp3) is 0.556. The minimum atomic E-state index is -1.93. The first-order valence-electron chi connectivity index (χ1n) is 11.5. The number of fused-ring (bicyclic) bond motifs is 1. The minimum absolute atomic E-state index is 0.0283. The molecule has 1 aromatic carbocycles. The van der Waals surface area contributed by atoms with Gasteiger partial charge in [0.15, 0.2) is 0 Å². The second-order valence-electron chi connectivity index (χ2n) is 10.5. The molecule has 1 saturated carbocycles. The van der Waals surface area contributed by atoms with Gasteiger partial charge in [-0.2, -0.15) is 0 Å². The van der Waals surface area contributed by atoms with Gasteiger partial charge in [0.1, 0.15) is 18.1 Å². The molecule has 0 saturated heterocycles. The lowest BCUT2D eigenvalue weighted by Crippen LogP contribution is -2.49. The van der Waals surface area contributed by atoms with Crippen molar-refractivity contribution in [3.8, 4) is 11.5 Å². The lowest BCUT2D eigenvalue weighted by molar-refractivity contribution is 0.351. The normalized spacial score (nSPS) is 23.7. The van der Waals surface area contributed by atoms with E-state index in [4.69, 9.17) is 9.47 Å². The van der Waals surface area contributed by atoms with Crippen LogP contribution in [0.2, 0.25) is 18.6 Å². The van der Waals surface area contributed by atoms with Crippen molar-refractivity contribution < 1.29 is 9.47 Å². The molecule has 1 aromatic rings. The first kappa shape index (κ1) is 22.9. The molecule has 3 heteroatoms. The van der Waals surface area contributed by atoms with E-state index in [2.05, 4.69) is 77.7 Å². The Balaban J connectivity index is 2.21. The summed E-state index contributed by atoms with van der Waals surface area (Å²) < 4.78 is 12.2. The number of ether oxygens (including phenoxy) is 2. The van der Waals surface area contributed by atoms with E-state index in [-0.39, 0.29) is 5.41 Å². The summed E-state index contributed by atoms with van der Waals surface area (Å²) in [7, 11) is -0.155. The molecule has 3 unspecified atom stereocenters. The minimum Gasteiger partial charge on any atom is -0.497 e. The van der Waals surface area contributed by atoms with Gasteiger partial charge in [0.05, 0.1) is 15.2 Å². The Labute approximate surface area is 185 Å². The number of hydrogen-bond donors (Lipinski definition) is 0. The smallest absolute Gasteiger partial charge is 0.123 e. The second-order valence-corrected chi connectivity index (χ2v) is 15.1. The molecular weight excluding hydrogens is 384 g/mol. The summed E-state index contributed by atoms with van der Waals surface area (Å²) in [4.78, 5) is 0. The highest BCUT2D eigenvalue weighted by Crippen LogP contribution is 2.54. The summed E-state index contributed by atoms with van der Waals surface area (Å²) in [6.07, 6.45) is 12.7. The average molecular weight is 425 g/mol. The molecule has 0 bridgehead atoms. The molecule has 2 nitrogen and oxygen atoms in total. The van der Waals surface area contributed by atoms with Gasteiger partial charge in [-0.1, -0.05) is 83.7 Å². The van der Waals surface area contributed by atoms with Crippen LogP contribution in [0.5, 0.6) is 11.5 Å². The Hall–Kier alpha value is -1.74. The van der Waals surface area contributed by atoms with Crippen molar-refractivity contribution in [3.63, 3.8) is 0 Å². The monoisotopic (exact) mass is 424 g/mol. The van der Waals surface area contributed by atoms with Crippen LogP contribution in [0.15, 0.2) is 48.6 Å². The highest BCUT2D eigenvalue weighted by atomic mass is 28.3. The Morgan fingerprint density at radius 1 is 1.23 bits per heavy atom. The average Bonchev–Trinajstić information content (AvgIpc) is 3.10. The number of benzene rings is 1. The summed E-state index contributed by atoms with van der Waals surface area (Å²) in [5.74, 6) is 3.49. The lowest BCUT2D eigenvalue weighted by atomic mass is 9.86. The van der Waals surface area contributed by atoms with Gasteiger partial charge in [-0.15, -0.1) is 0 Å². The highest BCUT2D eigenvalue weighted by Gasteiger charge is 2.49. The Morgan fingerprint density at radius 2 is 1.97 bits per heavy atom. The SMILES string of the molecule is C=CCOc1c(C(C)(C)C)cc(OC)cc1[Si](C)(C)C1C2=CC=CCC2CC1CC. The van der Waals surface area contributed by atoms with Crippen molar-refractivity contribution in [1.29, 1.82) is 0 Å². The number of hydrogen-bond acceptors (Lipinski definition) is 2. The standard InChI is InChI=1S/C27H40O2Si/c1-9-15-29-25-23(27(3,4)5)17-21(28-6)18-24(25)30(7,8)26-19(10-2)16-20-13-11-12-14-22(20)26/h9,11-12,14,17-20,26H,1,10,13,15-16H2,2-8H3. The van der Waals surface area contributed by atoms with Crippen molar-refractivity contribution in [2.75, 3.05) is 13.7 Å². The Morgan fingerprint density at radius 3 is 2.57 bits per heavy atom. The Kier molecular flexibility index (Phi) is 6.71. The predicted molar refractivity (Wildman–Crippen MR) is 132 cm³/mol. The van der Waals surface area contributed by atoms with Gasteiger partial charge in [-0.05, 0) is 53.0 Å². The molecule has 0 aliphatic heterocycles. The van der Waals surface area contributed by atoms with E-state index in [0.29, 0.717) is 12.1 Å². The fourth-order valence-corrected chi connectivity index (χ4v) is 10.0. The summed E-state index contributed by atoms with van der Waals surface area (Å²) in [6, 6.07) is 4.45. The van der Waals surface area contributed by atoms with Gasteiger partial charge in [-0.3, -0.25) is 0 Å². The molecule has 164 valence electrons. The predicted octanol–water partition coefficient (Wildman–Crippen LogP) is 6.78. The molecule has 0 N–H and O–H groups in total. The maximum Gasteiger partial charge on any atom is 0.123 e. The van der Waals surface area contributed by atoms with E-state index >= 15 is 0 Å². The van der Waals surface area contributed by atoms with Crippen molar-refractivity contribution in [3.05, 3.63) is 54.2 Å². The second kappa shape index (κ2) is 8.78. The summed E-state index contributed by atoms with van der Waals surface area (Å²) >= 11 is 0. The third-order valence-corrected chi connectivity index (χ3v) is 11.3. The highest BCUT2D eigenvalue weighted by molar-refractivity contribution is 6.92. The van der Waals surface area contributed by atoms with Gasteiger partial charge < -0.3 is 9.47 Å². The van der Waals surface area contributed by atoms with E-state index in [0.717, 1.165) is 23.3 Å². The summed E-state index contributed by atoms with van der Waals surface area (Å²) in [5.41, 5.74) is 3.54. The molecule has 2 aliphatic carbocycles. The van der Waals surface area contributed by atoms with Crippen LogP contribution in [-0.2, 0) is 5.41 Å². The zero-order valence-corrected chi connectivity index (χ0v) is 21.0. The quantitative estimate of drug-likeness (QED) is 0.355. The van der Waals surface area contributed by atoms with Crippen LogP contribution < -0.4 is 14.7 Å². The van der Waals surface area contributed by atoms with Gasteiger partial charge in [0, 0.05) is 5.56 Å². The van der Waals surface area contributed by atoms with Crippen molar-refractivity contribution in [1.82, 2.24) is 0 Å². The zero-order chi connectivity index (χ0) is 22.1. The zero-order valence-electron chi connectivity index (χ0n) is 20.0. The first-order valence-corrected chi connectivity index (χ1v) is 14.6. The third kappa shape index (κ3) is 4.19. The molecular formula is C27H40O2Si. The van der Waals surface area contributed by atoms with E-state index in [1.165, 1.54) is 30.0 Å². The first-order chi connectivity index (χ1) is 14.1. The topological polar surface area (TPSA) is 18.5 Å². The van der Waals surface area contributed by atoms with Gasteiger partial charge in [0.25, 0.3) is 0 Å². The van der Waals surface area contributed by atoms with E-state index in [1.54, 1.807) is 12.7 Å². The maximum absolute atomic E-state index is 6.42. The molecule has 0 aromatic heterocycles. The van der Waals surface area contributed by atoms with Crippen LogP contribution in [-0.4, -0.2) is 21.8 Å². The molecule has 0 spiro atoms. The Bertz CT molecular complexity index is 841. The molecule has 1 fully saturated rings. The van der Waals surface area contributed by atoms with Crippen molar-refractivity contribution >= 4 is 13.3 Å². The van der Waals surface area contributed by atoms with E-state index in [9.17, 15) is 0 Å². The van der Waals surface area contributed by atoms with Gasteiger partial charge in [-0.25, -0.2) is 0 Å². The van der Waals surface area contributed by atoms with Crippen LogP contribution in [0.4, 0.5) is 0 Å². The van der Waals surface area contributed by atoms with Crippen LogP contribution in [0, 0.1) is 11.8 Å². The van der Waals surface area contributed by atoms with Crippen LogP contribution in [0.3, 0.4) is 0 Å². The molecule has 3 rings (SSSR count). The molecule has 0 radical (unpaired) electrons. The summed E-state index contributed by atoms with van der Waals surface area (Å²) in [5, 5.41) is 1.40. The largest absolute Gasteiger partial charge is 0.497 e. The molecule has 3 atom stereocenters. The third-order valence-electron chi connectivity index (χ3n) is 7.18. The maximum atomic E-state index is 6.42. The van der Waals surface area contributed by atoms with Gasteiger partial charge in [0.2, 0.25) is 0 Å². The van der Waals surface area contributed by atoms with Gasteiger partial charge >= 0.3 is 0 Å². The molecule has 30 heavy (non-hydrogen) atoms.